The molecular formula is C91H123N21O24S. The highest BCUT2D eigenvalue weighted by Crippen LogP contribution is 2.28. The number of ether oxygens (including phenoxy) is 1. The molecule has 15 atom stereocenters. The number of aliphatic hydroxyl groups excluding tert-OH is 1. The molecule has 3 aromatic heterocycles. The summed E-state index contributed by atoms with van der Waals surface area (Å²) in [6.45, 7) is 2.98. The van der Waals surface area contributed by atoms with Crippen LogP contribution in [0.15, 0.2) is 97.7 Å². The summed E-state index contributed by atoms with van der Waals surface area (Å²) in [6, 6.07) is -2.87. The maximum absolute atomic E-state index is 15.8. The van der Waals surface area contributed by atoms with Crippen LogP contribution in [0, 0.1) is 0 Å². The van der Waals surface area contributed by atoms with Crippen LogP contribution in [0.2, 0.25) is 0 Å². The number of methoxy groups -OCH3 is 1. The van der Waals surface area contributed by atoms with Crippen LogP contribution < -0.4 is 69.4 Å². The van der Waals surface area contributed by atoms with Crippen molar-refractivity contribution in [2.75, 3.05) is 65.9 Å². The number of aromatic nitrogens is 4. The Morgan fingerprint density at radius 3 is 1.62 bits per heavy atom. The maximum Gasteiger partial charge on any atom is 0.305 e. The average molecular weight is 1930 g/mol. The van der Waals surface area contributed by atoms with Gasteiger partial charge < -0.3 is 129 Å². The second-order valence-electron chi connectivity index (χ2n) is 34.2. The van der Waals surface area contributed by atoms with Crippen LogP contribution in [0.1, 0.15) is 139 Å². The van der Waals surface area contributed by atoms with Gasteiger partial charge in [-0.15, -0.1) is 11.8 Å². The molecule has 0 radical (unpaired) electrons. The first-order chi connectivity index (χ1) is 65.3. The van der Waals surface area contributed by atoms with Crippen molar-refractivity contribution in [2.24, 2.45) is 11.5 Å². The number of carboxylic acids is 3. The smallest absolute Gasteiger partial charge is 0.305 e. The number of hydrogen-bond acceptors (Lipinski definition) is 24. The number of H-pyrrole nitrogens is 3. The van der Waals surface area contributed by atoms with E-state index in [1.165, 1.54) is 47.7 Å². The normalized spacial score (nSPS) is 24.5. The second kappa shape index (κ2) is 51.0. The Bertz CT molecular complexity index is 5320. The van der Waals surface area contributed by atoms with Crippen LogP contribution >= 0.6 is 11.8 Å². The number of unbranched alkanes of at least 4 members (excludes halogenated alkanes) is 2. The highest BCUT2D eigenvalue weighted by Gasteiger charge is 2.47. The van der Waals surface area contributed by atoms with E-state index in [1.54, 1.807) is 92.1 Å². The first-order valence-corrected chi connectivity index (χ1v) is 46.5. The van der Waals surface area contributed by atoms with E-state index in [9.17, 15) is 73.2 Å². The Labute approximate surface area is 792 Å². The topological polar surface area (TPSA) is 663 Å². The fraction of sp³-hybridized carbons (Fsp3) is 0.516. The monoisotopic (exact) mass is 1930 g/mol. The SMILES string of the molecule is CCCC[C@H]1C(=O)N(C)[C@@H](CCCC)C(=O)N[C@@H](CCC(=O)O)C(=O)N[C@H](C(=O)NCC(N)=O)CSCC(=O)N[C@@H](Cc2ccc(OC)cc2)C(=O)N(C)[C@@H](C)C(=O)N[C@@H](CC(=O)O)C(=O)N2CCC[C@H]2C(=O)N[C@@H](Cc2cnc[nH]2)C(=O)N[C@@H](CCC(=O)O)C(=O)N2C[C@H](O)C[C@H]2C(=O)N[C@@H](Cc2c[nH]c3ccccc23)C(=O)N[C@@H](CCN)C(=O)N[C@@H](Cc2c[nH]c3ccccc23)C(=O)N1C. The number of hydrogen-bond donors (Lipinski definition) is 19. The van der Waals surface area contributed by atoms with Gasteiger partial charge in [0.25, 0.3) is 0 Å². The lowest BCUT2D eigenvalue weighted by atomic mass is 9.99. The first kappa shape index (κ1) is 107. The number of imidazole rings is 1. The third-order valence-electron chi connectivity index (χ3n) is 24.4. The van der Waals surface area contributed by atoms with Crippen molar-refractivity contribution in [3.63, 3.8) is 0 Å². The molecule has 6 aromatic rings. The molecule has 0 unspecified atom stereocenters. The molecule has 137 heavy (non-hydrogen) atoms. The third kappa shape index (κ3) is 29.7. The van der Waals surface area contributed by atoms with Crippen LogP contribution in [0.3, 0.4) is 0 Å². The van der Waals surface area contributed by atoms with Crippen LogP contribution in [0.4, 0.5) is 0 Å². The molecule has 46 heteroatoms. The largest absolute Gasteiger partial charge is 0.497 e. The predicted octanol–water partition coefficient (Wildman–Crippen LogP) is -2.25. The van der Waals surface area contributed by atoms with Crippen LogP contribution in [-0.4, -0.2) is 334 Å². The zero-order valence-electron chi connectivity index (χ0n) is 77.3. The van der Waals surface area contributed by atoms with Crippen molar-refractivity contribution >= 4 is 146 Å². The number of carbonyl (C=O) groups excluding carboxylic acids is 16. The van der Waals surface area contributed by atoms with E-state index in [0.29, 0.717) is 75.3 Å². The van der Waals surface area contributed by atoms with Gasteiger partial charge >= 0.3 is 17.9 Å². The Morgan fingerprint density at radius 2 is 1.04 bits per heavy atom. The lowest BCUT2D eigenvalue weighted by Gasteiger charge is -2.36. The molecule has 742 valence electrons. The lowest BCUT2D eigenvalue weighted by Crippen LogP contribution is -2.61. The van der Waals surface area contributed by atoms with Crippen LogP contribution in [0.5, 0.6) is 5.75 Å². The van der Waals surface area contributed by atoms with Gasteiger partial charge in [0.2, 0.25) is 94.5 Å². The number of rotatable bonds is 28. The summed E-state index contributed by atoms with van der Waals surface area (Å²) in [5, 5.41) is 68.9. The Morgan fingerprint density at radius 1 is 0.526 bits per heavy atom. The molecule has 3 saturated heterocycles. The van der Waals surface area contributed by atoms with Crippen LogP contribution in [-0.2, 0) is 117 Å². The standard InChI is InChI=1S/C91H123N21O24S/c1-8-10-21-69-84(128)101-60(28-30-75(116)117)80(124)107-68(79(123)97-44-73(93)114)46-137-47-74(115)99-65(35-50-24-26-55(136-7)27-25-50)87(131)108(4)49(3)78(122)105-67(40-77(120)121)90(134)111-34-16-23-70(111)85(129)104-64(38-53-43-94-48-98-53)83(127)102-62(29-31-76(118)119)89(133)112-45-54(113)39-72(112)86(130)103-63(36-51-41-95-58-19-14-12-17-56(51)58)82(126)100-61(32-33-92)81(125)106-66(37-52-42-96-59-20-15-13-18-57(52)59)88(132)110(6)71(22-11-9-2)91(135)109(69)5/h12-15,17-20,24-27,41-43,48-49,54,60-72,95-96,113H,8-11,16,21-23,28-40,44-47,92H2,1-7H3,(H2,93,114)(H,94,98)(H,97,123)(H,99,115)(H,100,126)(H,101,128)(H,102,127)(H,103,130)(H,104,129)(H,105,122)(H,106,125)(H,107,124)(H,116,117)(H,118,119)(H,120,121)/t49-,54+,60-,61-,62-,63-,64-,65-,66-,67-,68-,69-,70-,71-,72-/m0/s1. The third-order valence-corrected chi connectivity index (χ3v) is 25.4. The quantitative estimate of drug-likeness (QED) is 0.0247. The number of aromatic amines is 3. The fourth-order valence-electron chi connectivity index (χ4n) is 16.7. The minimum atomic E-state index is -1.95. The lowest BCUT2D eigenvalue weighted by molar-refractivity contribution is -0.149. The van der Waals surface area contributed by atoms with Gasteiger partial charge in [-0.1, -0.05) is 88.1 Å². The Kier molecular flexibility index (Phi) is 39.7. The number of nitrogens with zero attached hydrogens (tertiary/aromatic N) is 6. The number of fused-ring (bicyclic) bond motifs is 4. The van der Waals surface area contributed by atoms with Gasteiger partial charge in [-0.25, -0.2) is 4.98 Å². The van der Waals surface area contributed by atoms with Crippen molar-refractivity contribution in [3.8, 4) is 5.75 Å². The summed E-state index contributed by atoms with van der Waals surface area (Å²) in [6.07, 6.45) is -0.418. The van der Waals surface area contributed by atoms with Gasteiger partial charge in [-0.3, -0.25) is 91.1 Å². The zero-order chi connectivity index (χ0) is 100. The first-order valence-electron chi connectivity index (χ1n) is 45.3. The number of aliphatic hydroxyl groups is 1. The van der Waals surface area contributed by atoms with Gasteiger partial charge in [-0.2, -0.15) is 0 Å². The molecule has 16 amide bonds. The zero-order valence-corrected chi connectivity index (χ0v) is 78.1. The number of thioether (sulfide) groups is 1. The molecule has 0 saturated carbocycles. The van der Waals surface area contributed by atoms with Crippen molar-refractivity contribution < 1.29 is 116 Å². The van der Waals surface area contributed by atoms with Crippen LogP contribution in [0.25, 0.3) is 21.8 Å². The summed E-state index contributed by atoms with van der Waals surface area (Å²) in [5.74, 6) is -21.4. The van der Waals surface area contributed by atoms with E-state index in [4.69, 9.17) is 16.2 Å². The summed E-state index contributed by atoms with van der Waals surface area (Å²) in [4.78, 5) is 293. The number of aliphatic carboxylic acids is 3. The molecule has 0 aliphatic carbocycles. The number of nitrogens with one attached hydrogen (secondary N) is 13. The molecule has 3 aromatic carbocycles. The van der Waals surface area contributed by atoms with Gasteiger partial charge in [0, 0.05) is 131 Å². The number of para-hydroxylation sites is 2. The van der Waals surface area contributed by atoms with E-state index in [2.05, 4.69) is 73.1 Å². The summed E-state index contributed by atoms with van der Waals surface area (Å²) in [7, 11) is 5.20. The molecule has 0 spiro atoms. The average Bonchev–Trinajstić information content (AvgIpc) is 1.71. The van der Waals surface area contributed by atoms with E-state index >= 15 is 38.4 Å². The van der Waals surface area contributed by atoms with Gasteiger partial charge in [0.1, 0.15) is 90.3 Å². The molecule has 3 aliphatic heterocycles. The van der Waals surface area contributed by atoms with Crippen molar-refractivity contribution in [1.29, 1.82) is 0 Å². The molecule has 3 aliphatic rings. The number of carbonyl (C=O) groups is 19. The molecule has 21 N–H and O–H groups in total. The maximum atomic E-state index is 15.8. The Hall–Kier alpha value is -14.1. The van der Waals surface area contributed by atoms with E-state index in [1.807, 2.05) is 6.92 Å². The number of benzene rings is 3. The van der Waals surface area contributed by atoms with Crippen molar-refractivity contribution in [2.45, 2.75) is 233 Å². The minimum absolute atomic E-state index is 0.0412. The molecule has 45 nitrogen and oxygen atoms in total. The molecular weight excluding hydrogens is 1800 g/mol. The highest BCUT2D eigenvalue weighted by atomic mass is 32.2. The molecule has 6 heterocycles. The number of likely N-dealkylation sites (N-methyl/N-ethyl adjacent to an activating group) is 3. The fourth-order valence-corrected chi connectivity index (χ4v) is 17.6. The van der Waals surface area contributed by atoms with Gasteiger partial charge in [0.05, 0.1) is 38.3 Å². The highest BCUT2D eigenvalue weighted by molar-refractivity contribution is 8.00. The number of amides is 16. The summed E-state index contributed by atoms with van der Waals surface area (Å²) >= 11 is 0.707. The number of nitrogens with two attached hydrogens (primary N) is 2. The van der Waals surface area contributed by atoms with E-state index in [0.717, 1.165) is 24.5 Å². The minimum Gasteiger partial charge on any atom is -0.497 e. The second-order valence-corrected chi connectivity index (χ2v) is 35.3. The van der Waals surface area contributed by atoms with E-state index < -0.39 is 273 Å². The molecule has 0 bridgehead atoms. The predicted molar refractivity (Wildman–Crippen MR) is 495 cm³/mol. The van der Waals surface area contributed by atoms with Gasteiger partial charge in [0.15, 0.2) is 0 Å². The van der Waals surface area contributed by atoms with Crippen molar-refractivity contribution in [3.05, 3.63) is 120 Å². The Balaban J connectivity index is 1.11. The van der Waals surface area contributed by atoms with Crippen molar-refractivity contribution in [1.82, 2.24) is 97.6 Å². The molecule has 3 fully saturated rings. The van der Waals surface area contributed by atoms with Gasteiger partial charge in [-0.05, 0) is 99.4 Å². The summed E-state index contributed by atoms with van der Waals surface area (Å²) in [5.41, 5.74) is 14.5. The molecule has 9 rings (SSSR count). The number of carboxylic acid groups (broad SMARTS) is 3. The van der Waals surface area contributed by atoms with E-state index in [-0.39, 0.29) is 76.6 Å². The summed E-state index contributed by atoms with van der Waals surface area (Å²) < 4.78 is 5.32. The number of primary amides is 1.